The number of aliphatic carboxylic acids is 1. The number of carboxylic acids is 1. The summed E-state index contributed by atoms with van der Waals surface area (Å²) in [5, 5.41) is 14.5. The maximum Gasteiger partial charge on any atom is 0.353 e. The first-order valence-electron chi connectivity index (χ1n) is 9.45. The lowest BCUT2D eigenvalue weighted by Gasteiger charge is -2.49. The molecule has 33 heavy (non-hydrogen) atoms. The molecule has 2 amide bonds. The fourth-order valence-electron chi connectivity index (χ4n) is 3.54. The summed E-state index contributed by atoms with van der Waals surface area (Å²) in [6.07, 6.45) is 0.176. The predicted molar refractivity (Wildman–Crippen MR) is 135 cm³/mol. The summed E-state index contributed by atoms with van der Waals surface area (Å²) < 4.78 is 1.91. The summed E-state index contributed by atoms with van der Waals surface area (Å²) in [5.74, 6) is -1.59. The molecule has 5 rings (SSSR count). The monoisotopic (exact) mass is 556 g/mol. The van der Waals surface area contributed by atoms with Gasteiger partial charge in [-0.3, -0.25) is 19.3 Å². The van der Waals surface area contributed by atoms with Gasteiger partial charge in [0.1, 0.15) is 17.1 Å². The van der Waals surface area contributed by atoms with E-state index in [1.54, 1.807) is 6.07 Å². The molecule has 0 aliphatic carbocycles. The molecule has 1 unspecified atom stereocenters. The van der Waals surface area contributed by atoms with Crippen LogP contribution in [-0.2, 0) is 20.8 Å². The number of halogens is 1. The molecule has 0 saturated carbocycles. The number of thioether (sulfide) groups is 2. The van der Waals surface area contributed by atoms with Crippen LogP contribution in [0.25, 0.3) is 9.40 Å². The zero-order chi connectivity index (χ0) is 23.3. The Bertz CT molecular complexity index is 1380. The third-order valence-corrected chi connectivity index (χ3v) is 11.0. The standard InChI is InChI=1S/C20H13ClN2O5S5/c21-12-5-9-10(24)6-14(33-20(9)32-12)31-11-7-30-18-15(17(26)23(18)16(11)19(27)28)22-13(25)4-8-2-1-3-29-8/h1-3,5-6,15,18H,4,7H2,(H,22,25)(H,27,28)/t15?,18-/m0/s1. The second-order valence-corrected chi connectivity index (χ2v) is 13.6. The number of β-lactam (4-membered cyclic amide) rings is 1. The topological polar surface area (TPSA) is 104 Å². The highest BCUT2D eigenvalue weighted by Crippen LogP contribution is 2.46. The minimum absolute atomic E-state index is 0.0959. The van der Waals surface area contributed by atoms with Crippen LogP contribution in [0.2, 0.25) is 4.34 Å². The van der Waals surface area contributed by atoms with E-state index in [1.165, 1.54) is 68.5 Å². The van der Waals surface area contributed by atoms with Crippen LogP contribution >= 0.6 is 69.1 Å². The molecule has 3 aromatic heterocycles. The van der Waals surface area contributed by atoms with Crippen molar-refractivity contribution in [1.29, 1.82) is 0 Å². The van der Waals surface area contributed by atoms with Gasteiger partial charge in [-0.05, 0) is 17.5 Å². The summed E-state index contributed by atoms with van der Waals surface area (Å²) in [4.78, 5) is 52.2. The van der Waals surface area contributed by atoms with E-state index in [2.05, 4.69) is 5.32 Å². The fourth-order valence-corrected chi connectivity index (χ4v) is 9.87. The number of amides is 2. The van der Waals surface area contributed by atoms with Crippen molar-refractivity contribution in [2.45, 2.75) is 22.0 Å². The van der Waals surface area contributed by atoms with E-state index in [4.69, 9.17) is 11.6 Å². The van der Waals surface area contributed by atoms with Crippen LogP contribution in [0.4, 0.5) is 0 Å². The van der Waals surface area contributed by atoms with Gasteiger partial charge in [0, 0.05) is 21.6 Å². The molecule has 0 spiro atoms. The summed E-state index contributed by atoms with van der Waals surface area (Å²) in [6.45, 7) is 0. The Labute approximate surface area is 212 Å². The first-order chi connectivity index (χ1) is 15.8. The van der Waals surface area contributed by atoms with Gasteiger partial charge in [0.15, 0.2) is 5.43 Å². The van der Waals surface area contributed by atoms with Crippen LogP contribution in [0.1, 0.15) is 4.88 Å². The highest BCUT2D eigenvalue weighted by Gasteiger charge is 2.54. The van der Waals surface area contributed by atoms with E-state index in [0.29, 0.717) is 24.6 Å². The quantitative estimate of drug-likeness (QED) is 0.441. The molecule has 3 aromatic rings. The van der Waals surface area contributed by atoms with E-state index in [1.807, 2.05) is 17.5 Å². The molecule has 2 N–H and O–H groups in total. The van der Waals surface area contributed by atoms with Crippen molar-refractivity contribution < 1.29 is 19.5 Å². The molecule has 0 radical (unpaired) electrons. The van der Waals surface area contributed by atoms with Gasteiger partial charge in [-0.1, -0.05) is 29.4 Å². The van der Waals surface area contributed by atoms with Crippen LogP contribution in [0.15, 0.2) is 49.3 Å². The third kappa shape index (κ3) is 4.35. The molecule has 0 bridgehead atoms. The zero-order valence-corrected chi connectivity index (χ0v) is 21.2. The summed E-state index contributed by atoms with van der Waals surface area (Å²) in [6, 6.07) is 6.03. The minimum Gasteiger partial charge on any atom is -0.477 e. The maximum atomic E-state index is 12.8. The number of rotatable bonds is 6. The van der Waals surface area contributed by atoms with Gasteiger partial charge in [0.25, 0.3) is 5.91 Å². The molecule has 2 atom stereocenters. The molecular weight excluding hydrogens is 544 g/mol. The fraction of sp³-hybridized carbons (Fsp3) is 0.200. The van der Waals surface area contributed by atoms with Gasteiger partial charge < -0.3 is 10.4 Å². The number of carbonyl (C=O) groups excluding carboxylic acids is 2. The van der Waals surface area contributed by atoms with Crippen molar-refractivity contribution in [3.8, 4) is 0 Å². The van der Waals surface area contributed by atoms with Crippen molar-refractivity contribution >= 4 is 96.3 Å². The average Bonchev–Trinajstić information content (AvgIpc) is 3.40. The zero-order valence-electron chi connectivity index (χ0n) is 16.4. The molecule has 170 valence electrons. The highest BCUT2D eigenvalue weighted by molar-refractivity contribution is 8.07. The molecule has 1 saturated heterocycles. The SMILES string of the molecule is O=C(Cc1cccs1)NC1C(=O)N2C(C(=O)O)=C(Sc3cc(=O)c4cc(Cl)sc4s3)CS[C@@H]12. The summed E-state index contributed by atoms with van der Waals surface area (Å²) in [7, 11) is 0. The lowest BCUT2D eigenvalue weighted by atomic mass is 10.0. The number of nitrogens with one attached hydrogen (secondary N) is 1. The van der Waals surface area contributed by atoms with E-state index in [0.717, 1.165) is 8.89 Å². The third-order valence-electron chi connectivity index (χ3n) is 4.97. The van der Waals surface area contributed by atoms with Gasteiger partial charge in [-0.25, -0.2) is 4.79 Å². The lowest BCUT2D eigenvalue weighted by molar-refractivity contribution is -0.150. The van der Waals surface area contributed by atoms with Crippen LogP contribution in [-0.4, -0.2) is 45.0 Å². The molecule has 2 aliphatic heterocycles. The minimum atomic E-state index is -1.22. The van der Waals surface area contributed by atoms with E-state index in [9.17, 15) is 24.3 Å². The van der Waals surface area contributed by atoms with Crippen molar-refractivity contribution in [1.82, 2.24) is 10.2 Å². The number of nitrogens with zero attached hydrogens (tertiary/aromatic N) is 1. The number of carbonyl (C=O) groups is 3. The molecule has 5 heterocycles. The van der Waals surface area contributed by atoms with Crippen LogP contribution in [0, 0.1) is 0 Å². The van der Waals surface area contributed by atoms with Crippen molar-refractivity contribution in [3.63, 3.8) is 0 Å². The number of hydrogen-bond acceptors (Lipinski definition) is 9. The van der Waals surface area contributed by atoms with E-state index >= 15 is 0 Å². The van der Waals surface area contributed by atoms with Gasteiger partial charge in [0.05, 0.1) is 24.4 Å². The largest absolute Gasteiger partial charge is 0.477 e. The maximum absolute atomic E-state index is 12.8. The Morgan fingerprint density at radius 3 is 2.82 bits per heavy atom. The lowest BCUT2D eigenvalue weighted by Crippen LogP contribution is -2.70. The van der Waals surface area contributed by atoms with Crippen LogP contribution in [0.5, 0.6) is 0 Å². The van der Waals surface area contributed by atoms with Crippen LogP contribution in [0.3, 0.4) is 0 Å². The Morgan fingerprint density at radius 2 is 2.09 bits per heavy atom. The Kier molecular flexibility index (Phi) is 6.31. The average molecular weight is 557 g/mol. The molecule has 7 nitrogen and oxygen atoms in total. The van der Waals surface area contributed by atoms with E-state index in [-0.39, 0.29) is 23.5 Å². The predicted octanol–water partition coefficient (Wildman–Crippen LogP) is 4.07. The number of thiophene rings is 2. The first kappa shape index (κ1) is 22.9. The normalized spacial score (nSPS) is 20.0. The van der Waals surface area contributed by atoms with Crippen molar-refractivity contribution in [2.24, 2.45) is 0 Å². The smallest absolute Gasteiger partial charge is 0.353 e. The number of hydrogen-bond donors (Lipinski definition) is 2. The summed E-state index contributed by atoms with van der Waals surface area (Å²) in [5.41, 5.74) is -0.275. The molecule has 0 aromatic carbocycles. The second kappa shape index (κ2) is 9.08. The first-order valence-corrected chi connectivity index (χ1v) is 14.2. The Balaban J connectivity index is 1.37. The number of fused-ring (bicyclic) bond motifs is 2. The van der Waals surface area contributed by atoms with Crippen LogP contribution < -0.4 is 10.7 Å². The van der Waals surface area contributed by atoms with Crippen molar-refractivity contribution in [2.75, 3.05) is 5.75 Å². The van der Waals surface area contributed by atoms with Gasteiger partial charge in [-0.15, -0.1) is 45.8 Å². The molecule has 1 fully saturated rings. The van der Waals surface area contributed by atoms with Gasteiger partial charge in [-0.2, -0.15) is 0 Å². The molecule has 13 heteroatoms. The van der Waals surface area contributed by atoms with Gasteiger partial charge in [0.2, 0.25) is 5.91 Å². The highest BCUT2D eigenvalue weighted by atomic mass is 35.5. The molecule has 2 aliphatic rings. The van der Waals surface area contributed by atoms with Crippen molar-refractivity contribution in [3.05, 3.63) is 59.7 Å². The Morgan fingerprint density at radius 1 is 1.27 bits per heavy atom. The number of carboxylic acid groups (broad SMARTS) is 1. The van der Waals surface area contributed by atoms with Gasteiger partial charge >= 0.3 is 5.97 Å². The second-order valence-electron chi connectivity index (χ2n) is 7.07. The molecular formula is C20H13ClN2O5S5. The summed E-state index contributed by atoms with van der Waals surface area (Å²) >= 11 is 12.7. The Hall–Kier alpha value is -1.83. The van der Waals surface area contributed by atoms with E-state index < -0.39 is 23.3 Å².